The Balaban J connectivity index is 1.80. The van der Waals surface area contributed by atoms with Crippen molar-refractivity contribution in [2.24, 2.45) is 5.92 Å². The number of carbonyl (C=O) groups is 2. The highest BCUT2D eigenvalue weighted by molar-refractivity contribution is 7.21. The zero-order valence-corrected chi connectivity index (χ0v) is 27.3. The molecule has 0 atom stereocenters. The number of thiophene rings is 1. The van der Waals surface area contributed by atoms with Crippen LogP contribution in [0.1, 0.15) is 68.2 Å². The average Bonchev–Trinajstić information content (AvgIpc) is 3.31. The number of halogens is 7. The second-order valence-corrected chi connectivity index (χ2v) is 13.6. The second-order valence-electron chi connectivity index (χ2n) is 12.6. The molecule has 0 bridgehead atoms. The molecule has 0 radical (unpaired) electrons. The molecule has 1 aromatic heterocycles. The first-order valence-corrected chi connectivity index (χ1v) is 15.7. The van der Waals surface area contributed by atoms with Crippen molar-refractivity contribution >= 4 is 39.6 Å². The van der Waals surface area contributed by atoms with Crippen LogP contribution in [-0.4, -0.2) is 37.1 Å². The van der Waals surface area contributed by atoms with Crippen LogP contribution < -0.4 is 15.5 Å². The molecule has 6 nitrogen and oxygen atoms in total. The molecular formula is C33H36F7N3O3S. The first-order valence-electron chi connectivity index (χ1n) is 14.8. The summed E-state index contributed by atoms with van der Waals surface area (Å²) in [5.41, 5.74) is 2.70. The number of anilines is 3. The molecule has 47 heavy (non-hydrogen) atoms. The van der Waals surface area contributed by atoms with Gasteiger partial charge in [0.15, 0.2) is 0 Å². The molecular weight excluding hydrogens is 651 g/mol. The summed E-state index contributed by atoms with van der Waals surface area (Å²) < 4.78 is 96.2. The van der Waals surface area contributed by atoms with Crippen LogP contribution in [0, 0.1) is 18.7 Å². The van der Waals surface area contributed by atoms with Gasteiger partial charge in [0.05, 0.1) is 32.8 Å². The van der Waals surface area contributed by atoms with E-state index >= 15 is 0 Å². The van der Waals surface area contributed by atoms with Crippen molar-refractivity contribution in [2.45, 2.75) is 76.7 Å². The van der Waals surface area contributed by atoms with E-state index in [0.29, 0.717) is 58.8 Å². The minimum atomic E-state index is -5.10. The fourth-order valence-electron chi connectivity index (χ4n) is 6.19. The Kier molecular flexibility index (Phi) is 9.97. The zero-order chi connectivity index (χ0) is 35.2. The van der Waals surface area contributed by atoms with Gasteiger partial charge >= 0.3 is 18.3 Å². The lowest BCUT2D eigenvalue weighted by atomic mass is 9.81. The van der Waals surface area contributed by atoms with Gasteiger partial charge in [0.1, 0.15) is 10.8 Å². The number of amides is 1. The van der Waals surface area contributed by atoms with Crippen molar-refractivity contribution in [2.75, 3.05) is 29.6 Å². The SMILES string of the molecule is Cc1cc(F)ccc1-c1sc(N(C)C2CCC(CC(=O)O)CC2)c(N)c1N(C)C(=O)C(C)(C)c1cc(C(F)(F)F)cc(C(F)(F)F)c1. The predicted octanol–water partition coefficient (Wildman–Crippen LogP) is 8.89. The summed E-state index contributed by atoms with van der Waals surface area (Å²) in [6.45, 7) is 4.16. The Hall–Kier alpha value is -3.81. The van der Waals surface area contributed by atoms with Crippen molar-refractivity contribution in [1.29, 1.82) is 0 Å². The number of carboxylic acids is 1. The standard InChI is InChI=1S/C33H36F7N3O3S/c1-17-12-22(34)8-11-24(17)28-27(26(41)29(47-28)42(4)23-9-6-18(7-10-23)13-25(44)45)43(5)30(46)31(2,3)19-14-20(32(35,36)37)16-21(15-19)33(38,39)40/h8,11-12,14-16,18,23H,6-7,9-10,13,41H2,1-5H3,(H,44,45). The number of hydrogen-bond acceptors (Lipinski definition) is 5. The van der Waals surface area contributed by atoms with Crippen molar-refractivity contribution in [3.63, 3.8) is 0 Å². The minimum absolute atomic E-state index is 0.0112. The van der Waals surface area contributed by atoms with Crippen LogP contribution in [0.3, 0.4) is 0 Å². The minimum Gasteiger partial charge on any atom is -0.481 e. The topological polar surface area (TPSA) is 86.9 Å². The third-order valence-electron chi connectivity index (χ3n) is 8.96. The Morgan fingerprint density at radius 2 is 1.45 bits per heavy atom. The molecule has 3 N–H and O–H groups in total. The van der Waals surface area contributed by atoms with Crippen LogP contribution in [0.5, 0.6) is 0 Å². The van der Waals surface area contributed by atoms with E-state index in [1.807, 2.05) is 11.9 Å². The second kappa shape index (κ2) is 13.0. The molecule has 0 aliphatic heterocycles. The summed E-state index contributed by atoms with van der Waals surface area (Å²) in [5.74, 6) is -2.13. The number of aliphatic carboxylic acids is 1. The van der Waals surface area contributed by atoms with Crippen LogP contribution in [0.4, 0.5) is 47.1 Å². The van der Waals surface area contributed by atoms with E-state index in [1.54, 1.807) is 6.92 Å². The molecule has 256 valence electrons. The normalized spacial score (nSPS) is 17.4. The van der Waals surface area contributed by atoms with E-state index in [0.717, 1.165) is 4.90 Å². The van der Waals surface area contributed by atoms with Crippen molar-refractivity contribution < 1.29 is 45.4 Å². The lowest BCUT2D eigenvalue weighted by molar-refractivity contribution is -0.143. The molecule has 1 saturated carbocycles. The maximum Gasteiger partial charge on any atom is 0.416 e. The Morgan fingerprint density at radius 3 is 1.94 bits per heavy atom. The third kappa shape index (κ3) is 7.52. The van der Waals surface area contributed by atoms with Crippen LogP contribution in [0.2, 0.25) is 0 Å². The number of hydrogen-bond donors (Lipinski definition) is 2. The Bertz CT molecular complexity index is 1630. The molecule has 1 aliphatic rings. The number of aryl methyl sites for hydroxylation is 1. The first-order chi connectivity index (χ1) is 21.6. The smallest absolute Gasteiger partial charge is 0.416 e. The van der Waals surface area contributed by atoms with Gasteiger partial charge in [-0.25, -0.2) is 4.39 Å². The van der Waals surface area contributed by atoms with Gasteiger partial charge in [-0.2, -0.15) is 26.3 Å². The van der Waals surface area contributed by atoms with Gasteiger partial charge in [0.25, 0.3) is 0 Å². The van der Waals surface area contributed by atoms with Gasteiger partial charge in [-0.1, -0.05) is 6.07 Å². The highest BCUT2D eigenvalue weighted by Gasteiger charge is 2.42. The molecule has 1 heterocycles. The summed E-state index contributed by atoms with van der Waals surface area (Å²) in [4.78, 5) is 28.9. The fraction of sp³-hybridized carbons (Fsp3) is 0.455. The average molecular weight is 688 g/mol. The quantitative estimate of drug-likeness (QED) is 0.231. The first kappa shape index (κ1) is 36.0. The van der Waals surface area contributed by atoms with E-state index < -0.39 is 52.2 Å². The fourth-order valence-corrected chi connectivity index (χ4v) is 7.57. The van der Waals surface area contributed by atoms with Crippen molar-refractivity contribution in [3.05, 3.63) is 64.5 Å². The largest absolute Gasteiger partial charge is 0.481 e. The number of carbonyl (C=O) groups excluding carboxylic acids is 1. The van der Waals surface area contributed by atoms with Crippen LogP contribution in [0.25, 0.3) is 10.4 Å². The molecule has 0 unspecified atom stereocenters. The number of likely N-dealkylation sites (N-methyl/N-ethyl adjacent to an activating group) is 1. The lowest BCUT2D eigenvalue weighted by Gasteiger charge is -2.35. The Labute approximate surface area is 272 Å². The van der Waals surface area contributed by atoms with Gasteiger partial charge in [0, 0.05) is 26.6 Å². The molecule has 2 aromatic carbocycles. The van der Waals surface area contributed by atoms with Gasteiger partial charge in [-0.05, 0) is 99.4 Å². The van der Waals surface area contributed by atoms with Gasteiger partial charge in [-0.15, -0.1) is 11.3 Å². The molecule has 1 amide bonds. The summed E-state index contributed by atoms with van der Waals surface area (Å²) in [6, 6.07) is 5.14. The summed E-state index contributed by atoms with van der Waals surface area (Å²) in [5, 5.41) is 9.75. The third-order valence-corrected chi connectivity index (χ3v) is 10.3. The molecule has 14 heteroatoms. The summed E-state index contributed by atoms with van der Waals surface area (Å²) >= 11 is 1.23. The number of carboxylic acid groups (broad SMARTS) is 1. The number of alkyl halides is 6. The van der Waals surface area contributed by atoms with Gasteiger partial charge < -0.3 is 20.6 Å². The van der Waals surface area contributed by atoms with E-state index in [4.69, 9.17) is 5.73 Å². The maximum absolute atomic E-state index is 14.2. The van der Waals surface area contributed by atoms with E-state index in [1.165, 1.54) is 50.4 Å². The molecule has 1 aliphatic carbocycles. The summed E-state index contributed by atoms with van der Waals surface area (Å²) in [6.07, 6.45) is -7.37. The molecule has 0 spiro atoms. The predicted molar refractivity (Wildman–Crippen MR) is 168 cm³/mol. The number of nitrogen functional groups attached to an aromatic ring is 1. The van der Waals surface area contributed by atoms with E-state index in [2.05, 4.69) is 0 Å². The molecule has 3 aromatic rings. The molecule has 0 saturated heterocycles. The van der Waals surface area contributed by atoms with Crippen LogP contribution in [-0.2, 0) is 27.4 Å². The lowest BCUT2D eigenvalue weighted by Crippen LogP contribution is -2.42. The molecule has 1 fully saturated rings. The van der Waals surface area contributed by atoms with Crippen molar-refractivity contribution in [1.82, 2.24) is 0 Å². The Morgan fingerprint density at radius 1 is 0.915 bits per heavy atom. The van der Waals surface area contributed by atoms with E-state index in [9.17, 15) is 45.4 Å². The van der Waals surface area contributed by atoms with E-state index in [-0.39, 0.29) is 35.8 Å². The number of nitrogens with zero attached hydrogens (tertiary/aromatic N) is 2. The van der Waals surface area contributed by atoms with Gasteiger partial charge in [0.2, 0.25) is 5.91 Å². The highest BCUT2D eigenvalue weighted by Crippen LogP contribution is 2.52. The highest BCUT2D eigenvalue weighted by atomic mass is 32.1. The van der Waals surface area contributed by atoms with Crippen LogP contribution >= 0.6 is 11.3 Å². The maximum atomic E-state index is 14.2. The van der Waals surface area contributed by atoms with Gasteiger partial charge in [-0.3, -0.25) is 9.59 Å². The van der Waals surface area contributed by atoms with Crippen LogP contribution in [0.15, 0.2) is 36.4 Å². The zero-order valence-electron chi connectivity index (χ0n) is 26.4. The van der Waals surface area contributed by atoms with Crippen molar-refractivity contribution in [3.8, 4) is 10.4 Å². The molecule has 4 rings (SSSR count). The number of nitrogens with two attached hydrogens (primary N) is 1. The number of benzene rings is 2. The monoisotopic (exact) mass is 687 g/mol. The summed E-state index contributed by atoms with van der Waals surface area (Å²) in [7, 11) is 3.17. The number of rotatable bonds is 8.